The van der Waals surface area contributed by atoms with Gasteiger partial charge in [0.25, 0.3) is 5.91 Å². The van der Waals surface area contributed by atoms with Crippen LogP contribution >= 0.6 is 11.8 Å². The van der Waals surface area contributed by atoms with E-state index in [1.807, 2.05) is 19.9 Å². The summed E-state index contributed by atoms with van der Waals surface area (Å²) in [6.45, 7) is 8.60. The van der Waals surface area contributed by atoms with Crippen LogP contribution in [-0.2, 0) is 14.3 Å². The molecule has 0 aromatic carbocycles. The molecule has 8 nitrogen and oxygen atoms in total. The van der Waals surface area contributed by atoms with Crippen LogP contribution in [-0.4, -0.2) is 45.8 Å². The number of esters is 1. The Hall–Kier alpha value is -2.16. The van der Waals surface area contributed by atoms with Crippen LogP contribution in [0.15, 0.2) is 11.2 Å². The number of nitrogens with one attached hydrogen (secondary N) is 2. The second-order valence-corrected chi connectivity index (χ2v) is 6.41. The number of nitrogens with zero attached hydrogens (tertiary/aromatic N) is 2. The highest BCUT2D eigenvalue weighted by atomic mass is 32.2. The minimum Gasteiger partial charge on any atom is -0.452 e. The number of hydrogen-bond acceptors (Lipinski definition) is 7. The average Bonchev–Trinajstić information content (AvgIpc) is 2.43. The fraction of sp³-hybridized carbons (Fsp3) is 0.533. The van der Waals surface area contributed by atoms with Crippen LogP contribution in [0.5, 0.6) is 0 Å². The minimum atomic E-state index is -1.07. The molecule has 1 atom stereocenters. The number of aryl methyl sites for hydroxylation is 2. The fourth-order valence-electron chi connectivity index (χ4n) is 1.68. The van der Waals surface area contributed by atoms with Crippen LogP contribution in [0.2, 0.25) is 0 Å². The number of urea groups is 1. The van der Waals surface area contributed by atoms with E-state index in [-0.39, 0.29) is 11.8 Å². The van der Waals surface area contributed by atoms with Crippen molar-refractivity contribution in [1.29, 1.82) is 0 Å². The SMILES string of the molecule is Cc1cc(C)nc(SCC(=O)O[C@@H](C)C(=O)NC(=O)NC(C)C)n1. The number of thioether (sulfide) groups is 1. The van der Waals surface area contributed by atoms with Crippen molar-refractivity contribution >= 4 is 29.7 Å². The smallest absolute Gasteiger partial charge is 0.321 e. The van der Waals surface area contributed by atoms with Gasteiger partial charge >= 0.3 is 12.0 Å². The van der Waals surface area contributed by atoms with Gasteiger partial charge in [0.1, 0.15) is 0 Å². The molecule has 1 aromatic heterocycles. The summed E-state index contributed by atoms with van der Waals surface area (Å²) >= 11 is 1.13. The lowest BCUT2D eigenvalue weighted by Crippen LogP contribution is -2.46. The van der Waals surface area contributed by atoms with Gasteiger partial charge in [-0.3, -0.25) is 14.9 Å². The molecule has 0 aliphatic heterocycles. The van der Waals surface area contributed by atoms with Crippen molar-refractivity contribution < 1.29 is 19.1 Å². The third-order valence-corrected chi connectivity index (χ3v) is 3.44. The maximum Gasteiger partial charge on any atom is 0.321 e. The largest absolute Gasteiger partial charge is 0.452 e. The third-order valence-electron chi connectivity index (χ3n) is 2.61. The van der Waals surface area contributed by atoms with Gasteiger partial charge in [-0.25, -0.2) is 14.8 Å². The summed E-state index contributed by atoms with van der Waals surface area (Å²) in [6, 6.07) is 1.09. The van der Waals surface area contributed by atoms with Crippen molar-refractivity contribution in [2.24, 2.45) is 0 Å². The summed E-state index contributed by atoms with van der Waals surface area (Å²) in [5, 5.41) is 5.08. The summed E-state index contributed by atoms with van der Waals surface area (Å²) in [7, 11) is 0. The fourth-order valence-corrected chi connectivity index (χ4v) is 2.41. The summed E-state index contributed by atoms with van der Waals surface area (Å²) < 4.78 is 4.99. The van der Waals surface area contributed by atoms with Crippen molar-refractivity contribution in [2.45, 2.75) is 51.9 Å². The van der Waals surface area contributed by atoms with Crippen LogP contribution < -0.4 is 10.6 Å². The highest BCUT2D eigenvalue weighted by Crippen LogP contribution is 2.14. The second kappa shape index (κ2) is 9.21. The maximum absolute atomic E-state index is 11.8. The number of aromatic nitrogens is 2. The lowest BCUT2D eigenvalue weighted by molar-refractivity contribution is -0.151. The zero-order chi connectivity index (χ0) is 18.3. The molecular weight excluding hydrogens is 332 g/mol. The number of amides is 3. The third kappa shape index (κ3) is 7.40. The quantitative estimate of drug-likeness (QED) is 0.451. The minimum absolute atomic E-state index is 0.0291. The molecular formula is C15H22N4O4S. The highest BCUT2D eigenvalue weighted by Gasteiger charge is 2.20. The standard InChI is InChI=1S/C15H22N4O4S/c1-8(2)16-14(22)19-13(21)11(5)23-12(20)7-24-15-17-9(3)6-10(4)18-15/h6,8,11H,7H2,1-5H3,(H2,16,19,21,22)/t11-/m0/s1. The number of carbonyl (C=O) groups is 3. The number of rotatable bonds is 6. The molecule has 0 fully saturated rings. The Labute approximate surface area is 145 Å². The predicted octanol–water partition coefficient (Wildman–Crippen LogP) is 1.35. The normalized spacial score (nSPS) is 11.8. The molecule has 0 unspecified atom stereocenters. The van der Waals surface area contributed by atoms with Gasteiger partial charge in [0.15, 0.2) is 11.3 Å². The van der Waals surface area contributed by atoms with Crippen LogP contribution in [0.1, 0.15) is 32.2 Å². The molecule has 1 aromatic rings. The van der Waals surface area contributed by atoms with Gasteiger partial charge in [-0.15, -0.1) is 0 Å². The Kier molecular flexibility index (Phi) is 7.63. The first-order chi connectivity index (χ1) is 11.2. The van der Waals surface area contributed by atoms with E-state index in [2.05, 4.69) is 20.6 Å². The molecule has 0 bridgehead atoms. The van der Waals surface area contributed by atoms with Gasteiger partial charge in [0.2, 0.25) is 0 Å². The molecule has 132 valence electrons. The Bertz CT molecular complexity index is 601. The summed E-state index contributed by atoms with van der Waals surface area (Å²) in [5.41, 5.74) is 1.62. The molecule has 0 aliphatic rings. The van der Waals surface area contributed by atoms with Gasteiger partial charge in [0, 0.05) is 17.4 Å². The summed E-state index contributed by atoms with van der Waals surface area (Å²) in [6.07, 6.45) is -1.07. The van der Waals surface area contributed by atoms with E-state index < -0.39 is 24.0 Å². The first-order valence-corrected chi connectivity index (χ1v) is 8.42. The molecule has 24 heavy (non-hydrogen) atoms. The zero-order valence-electron chi connectivity index (χ0n) is 14.4. The molecule has 0 saturated carbocycles. The molecule has 0 radical (unpaired) electrons. The molecule has 0 spiro atoms. The molecule has 0 aliphatic carbocycles. The van der Waals surface area contributed by atoms with Crippen LogP contribution in [0.3, 0.4) is 0 Å². The number of ether oxygens (including phenoxy) is 1. The monoisotopic (exact) mass is 354 g/mol. The Morgan fingerprint density at radius 2 is 1.75 bits per heavy atom. The van der Waals surface area contributed by atoms with E-state index in [4.69, 9.17) is 4.74 Å². The highest BCUT2D eigenvalue weighted by molar-refractivity contribution is 7.99. The Morgan fingerprint density at radius 3 is 2.29 bits per heavy atom. The maximum atomic E-state index is 11.8. The van der Waals surface area contributed by atoms with Gasteiger partial charge in [-0.2, -0.15) is 0 Å². The van der Waals surface area contributed by atoms with Crippen molar-refractivity contribution in [3.05, 3.63) is 17.5 Å². The van der Waals surface area contributed by atoms with Crippen molar-refractivity contribution in [1.82, 2.24) is 20.6 Å². The van der Waals surface area contributed by atoms with Crippen LogP contribution in [0, 0.1) is 13.8 Å². The molecule has 1 rings (SSSR count). The van der Waals surface area contributed by atoms with Gasteiger partial charge in [-0.05, 0) is 40.7 Å². The number of hydrogen-bond donors (Lipinski definition) is 2. The van der Waals surface area contributed by atoms with E-state index in [9.17, 15) is 14.4 Å². The average molecular weight is 354 g/mol. The molecule has 9 heteroatoms. The molecule has 1 heterocycles. The summed E-state index contributed by atoms with van der Waals surface area (Å²) in [5.74, 6) is -1.30. The van der Waals surface area contributed by atoms with E-state index in [1.54, 1.807) is 13.8 Å². The Balaban J connectivity index is 2.43. The van der Waals surface area contributed by atoms with Crippen molar-refractivity contribution in [2.75, 3.05) is 5.75 Å². The summed E-state index contributed by atoms with van der Waals surface area (Å²) in [4.78, 5) is 43.4. The van der Waals surface area contributed by atoms with Crippen LogP contribution in [0.25, 0.3) is 0 Å². The zero-order valence-corrected chi connectivity index (χ0v) is 15.2. The van der Waals surface area contributed by atoms with Gasteiger partial charge < -0.3 is 10.1 Å². The van der Waals surface area contributed by atoms with E-state index in [0.29, 0.717) is 5.16 Å². The molecule has 0 saturated heterocycles. The van der Waals surface area contributed by atoms with Gasteiger partial charge in [0.05, 0.1) is 5.75 Å². The predicted molar refractivity (Wildman–Crippen MR) is 89.6 cm³/mol. The Morgan fingerprint density at radius 1 is 1.17 bits per heavy atom. The van der Waals surface area contributed by atoms with Crippen LogP contribution in [0.4, 0.5) is 4.79 Å². The van der Waals surface area contributed by atoms with Gasteiger partial charge in [-0.1, -0.05) is 11.8 Å². The van der Waals surface area contributed by atoms with Crippen molar-refractivity contribution in [3.8, 4) is 0 Å². The first-order valence-electron chi connectivity index (χ1n) is 7.43. The topological polar surface area (TPSA) is 110 Å². The van der Waals surface area contributed by atoms with E-state index in [0.717, 1.165) is 23.1 Å². The number of imide groups is 1. The molecule has 3 amide bonds. The van der Waals surface area contributed by atoms with Crippen molar-refractivity contribution in [3.63, 3.8) is 0 Å². The lowest BCUT2D eigenvalue weighted by Gasteiger charge is -2.14. The van der Waals surface area contributed by atoms with E-state index >= 15 is 0 Å². The van der Waals surface area contributed by atoms with E-state index in [1.165, 1.54) is 6.92 Å². The molecule has 2 N–H and O–H groups in total. The first kappa shape index (κ1) is 19.9. The second-order valence-electron chi connectivity index (χ2n) is 5.47. The lowest BCUT2D eigenvalue weighted by atomic mass is 10.3. The number of carbonyl (C=O) groups excluding carboxylic acids is 3.